The second-order valence-electron chi connectivity index (χ2n) is 4.71. The number of pyridine rings is 1. The van der Waals surface area contributed by atoms with Crippen LogP contribution in [0, 0.1) is 11.3 Å². The molecule has 3 aromatic rings. The van der Waals surface area contributed by atoms with Crippen LogP contribution in [0.5, 0.6) is 0 Å². The van der Waals surface area contributed by atoms with Crippen molar-refractivity contribution in [3.63, 3.8) is 0 Å². The van der Waals surface area contributed by atoms with Gasteiger partial charge in [0, 0.05) is 17.1 Å². The Hall–Kier alpha value is -3.12. The molecule has 2 N–H and O–H groups in total. The molecular formula is C18H13N3. The van der Waals surface area contributed by atoms with Crippen molar-refractivity contribution in [1.29, 1.82) is 5.26 Å². The van der Waals surface area contributed by atoms with Crippen LogP contribution in [-0.2, 0) is 0 Å². The van der Waals surface area contributed by atoms with Gasteiger partial charge in [-0.25, -0.2) is 4.98 Å². The Labute approximate surface area is 123 Å². The molecule has 0 atom stereocenters. The number of nitrogen functional groups attached to an aromatic ring is 1. The van der Waals surface area contributed by atoms with E-state index in [2.05, 4.69) is 11.1 Å². The maximum absolute atomic E-state index is 8.80. The molecule has 0 radical (unpaired) electrons. The van der Waals surface area contributed by atoms with Crippen molar-refractivity contribution in [2.75, 3.05) is 5.73 Å². The van der Waals surface area contributed by atoms with Crippen LogP contribution in [-0.4, -0.2) is 4.98 Å². The summed E-state index contributed by atoms with van der Waals surface area (Å²) >= 11 is 0. The van der Waals surface area contributed by atoms with E-state index in [1.54, 1.807) is 18.3 Å². The lowest BCUT2D eigenvalue weighted by molar-refractivity contribution is 1.36. The second kappa shape index (κ2) is 5.48. The lowest BCUT2D eigenvalue weighted by Crippen LogP contribution is -1.94. The van der Waals surface area contributed by atoms with Gasteiger partial charge in [0.05, 0.1) is 11.6 Å². The molecule has 0 bridgehead atoms. The zero-order valence-electron chi connectivity index (χ0n) is 11.3. The van der Waals surface area contributed by atoms with Crippen LogP contribution < -0.4 is 5.73 Å². The highest BCUT2D eigenvalue weighted by atomic mass is 14.8. The number of nitrogens with zero attached hydrogens (tertiary/aromatic N) is 2. The van der Waals surface area contributed by atoms with Crippen LogP contribution in [0.15, 0.2) is 54.7 Å². The predicted molar refractivity (Wildman–Crippen MR) is 86.2 cm³/mol. The Bertz CT molecular complexity index is 856. The summed E-state index contributed by atoms with van der Waals surface area (Å²) in [5.41, 5.74) is 8.57. The first-order valence-corrected chi connectivity index (χ1v) is 6.59. The van der Waals surface area contributed by atoms with E-state index in [9.17, 15) is 0 Å². The summed E-state index contributed by atoms with van der Waals surface area (Å²) in [5, 5.41) is 10.9. The van der Waals surface area contributed by atoms with Gasteiger partial charge in [-0.2, -0.15) is 5.26 Å². The first-order valence-electron chi connectivity index (χ1n) is 6.59. The number of aromatic nitrogens is 1. The number of hydrogen-bond donors (Lipinski definition) is 1. The summed E-state index contributed by atoms with van der Waals surface area (Å²) < 4.78 is 0. The van der Waals surface area contributed by atoms with Crippen molar-refractivity contribution < 1.29 is 0 Å². The van der Waals surface area contributed by atoms with Gasteiger partial charge in [-0.05, 0) is 23.1 Å². The van der Waals surface area contributed by atoms with Crippen molar-refractivity contribution >= 4 is 28.7 Å². The minimum Gasteiger partial charge on any atom is -0.383 e. The Morgan fingerprint density at radius 2 is 1.76 bits per heavy atom. The van der Waals surface area contributed by atoms with E-state index in [0.717, 1.165) is 21.9 Å². The second-order valence-corrected chi connectivity index (χ2v) is 4.71. The van der Waals surface area contributed by atoms with Crippen molar-refractivity contribution in [1.82, 2.24) is 4.98 Å². The molecule has 2 aromatic carbocycles. The Morgan fingerprint density at radius 1 is 1.00 bits per heavy atom. The summed E-state index contributed by atoms with van der Waals surface area (Å²) in [5.74, 6) is 0.513. The Kier molecular flexibility index (Phi) is 3.36. The van der Waals surface area contributed by atoms with Gasteiger partial charge in [-0.15, -0.1) is 0 Å². The van der Waals surface area contributed by atoms with E-state index in [1.165, 1.54) is 0 Å². The van der Waals surface area contributed by atoms with Gasteiger partial charge in [-0.1, -0.05) is 48.6 Å². The molecule has 1 heterocycles. The predicted octanol–water partition coefficient (Wildman–Crippen LogP) is 3.86. The lowest BCUT2D eigenvalue weighted by atomic mass is 10.0. The lowest BCUT2D eigenvalue weighted by Gasteiger charge is -2.05. The van der Waals surface area contributed by atoms with Crippen LogP contribution in [0.1, 0.15) is 16.7 Å². The van der Waals surface area contributed by atoms with Crippen LogP contribution in [0.3, 0.4) is 0 Å². The number of benzene rings is 2. The van der Waals surface area contributed by atoms with E-state index >= 15 is 0 Å². The fraction of sp³-hybridized carbons (Fsp3) is 0. The van der Waals surface area contributed by atoms with Crippen LogP contribution in [0.4, 0.5) is 5.82 Å². The third-order valence-electron chi connectivity index (χ3n) is 3.35. The van der Waals surface area contributed by atoms with Gasteiger partial charge < -0.3 is 5.73 Å². The smallest absolute Gasteiger partial charge is 0.131 e. The first kappa shape index (κ1) is 12.9. The monoisotopic (exact) mass is 271 g/mol. The molecule has 0 saturated heterocycles. The summed E-state index contributed by atoms with van der Waals surface area (Å²) in [7, 11) is 0. The van der Waals surface area contributed by atoms with E-state index in [4.69, 9.17) is 11.0 Å². The summed E-state index contributed by atoms with van der Waals surface area (Å²) in [6.45, 7) is 0. The van der Waals surface area contributed by atoms with E-state index in [0.29, 0.717) is 11.4 Å². The van der Waals surface area contributed by atoms with E-state index in [1.807, 2.05) is 48.6 Å². The number of fused-ring (bicyclic) bond motifs is 1. The molecular weight excluding hydrogens is 258 g/mol. The van der Waals surface area contributed by atoms with Crippen molar-refractivity contribution in [3.8, 4) is 6.07 Å². The molecule has 3 nitrogen and oxygen atoms in total. The zero-order chi connectivity index (χ0) is 14.7. The molecule has 3 heteroatoms. The topological polar surface area (TPSA) is 62.7 Å². The number of rotatable bonds is 2. The maximum Gasteiger partial charge on any atom is 0.131 e. The fourth-order valence-electron chi connectivity index (χ4n) is 2.22. The molecule has 0 aliphatic carbocycles. The number of anilines is 1. The number of nitriles is 1. The molecule has 3 rings (SSSR count). The minimum absolute atomic E-state index is 0.513. The van der Waals surface area contributed by atoms with E-state index in [-0.39, 0.29) is 0 Å². The van der Waals surface area contributed by atoms with Crippen LogP contribution in [0.2, 0.25) is 0 Å². The molecule has 100 valence electrons. The highest BCUT2D eigenvalue weighted by molar-refractivity contribution is 5.95. The van der Waals surface area contributed by atoms with Crippen LogP contribution in [0.25, 0.3) is 22.9 Å². The largest absolute Gasteiger partial charge is 0.383 e. The quantitative estimate of drug-likeness (QED) is 0.769. The highest BCUT2D eigenvalue weighted by Crippen LogP contribution is 2.24. The van der Waals surface area contributed by atoms with Gasteiger partial charge in [0.15, 0.2) is 0 Å². The molecule has 0 saturated carbocycles. The van der Waals surface area contributed by atoms with Gasteiger partial charge in [0.1, 0.15) is 5.82 Å². The average molecular weight is 271 g/mol. The van der Waals surface area contributed by atoms with Crippen molar-refractivity contribution in [2.45, 2.75) is 0 Å². The maximum atomic E-state index is 8.80. The van der Waals surface area contributed by atoms with Crippen LogP contribution >= 0.6 is 0 Å². The van der Waals surface area contributed by atoms with Gasteiger partial charge in [-0.3, -0.25) is 0 Å². The number of nitrogens with two attached hydrogens (primary N) is 1. The third-order valence-corrected chi connectivity index (χ3v) is 3.35. The average Bonchev–Trinajstić information content (AvgIpc) is 2.54. The summed E-state index contributed by atoms with van der Waals surface area (Å²) in [6.07, 6.45) is 5.72. The Balaban J connectivity index is 2.02. The van der Waals surface area contributed by atoms with Crippen molar-refractivity contribution in [2.24, 2.45) is 0 Å². The van der Waals surface area contributed by atoms with E-state index < -0.39 is 0 Å². The Morgan fingerprint density at radius 3 is 2.52 bits per heavy atom. The molecule has 0 spiro atoms. The molecule has 1 aromatic heterocycles. The zero-order valence-corrected chi connectivity index (χ0v) is 11.3. The summed E-state index contributed by atoms with van der Waals surface area (Å²) in [4.78, 5) is 4.23. The normalized spacial score (nSPS) is 10.8. The fourth-order valence-corrected chi connectivity index (χ4v) is 2.22. The van der Waals surface area contributed by atoms with Gasteiger partial charge >= 0.3 is 0 Å². The summed E-state index contributed by atoms with van der Waals surface area (Å²) in [6, 6.07) is 17.5. The molecule has 0 unspecified atom stereocenters. The SMILES string of the molecule is N#Cc1ccc(/C=C/c2c(N)ncc3ccccc23)cc1. The third kappa shape index (κ3) is 2.60. The first-order chi connectivity index (χ1) is 10.3. The highest BCUT2D eigenvalue weighted by Gasteiger charge is 2.03. The number of hydrogen-bond acceptors (Lipinski definition) is 3. The minimum atomic E-state index is 0.513. The molecule has 21 heavy (non-hydrogen) atoms. The standard InChI is InChI=1S/C18H13N3/c19-11-14-7-5-13(6-8-14)9-10-17-16-4-2-1-3-15(16)12-21-18(17)20/h1-10,12H,(H2,20,21)/b10-9+. The molecule has 0 amide bonds. The van der Waals surface area contributed by atoms with Crippen molar-refractivity contribution in [3.05, 3.63) is 71.4 Å². The molecule has 0 aliphatic rings. The molecule has 0 aliphatic heterocycles. The van der Waals surface area contributed by atoms with Gasteiger partial charge in [0.2, 0.25) is 0 Å². The molecule has 0 fully saturated rings. The van der Waals surface area contributed by atoms with Gasteiger partial charge in [0.25, 0.3) is 0 Å².